The first-order valence-corrected chi connectivity index (χ1v) is 13.1. The molecule has 1 amide bonds. The number of piperazine rings is 1. The van der Waals surface area contributed by atoms with E-state index in [-0.39, 0.29) is 23.2 Å². The molecule has 0 saturated carbocycles. The Labute approximate surface area is 218 Å². The Morgan fingerprint density at radius 1 is 1.16 bits per heavy atom. The summed E-state index contributed by atoms with van der Waals surface area (Å²) in [6.07, 6.45) is 4.43. The number of amides is 1. The van der Waals surface area contributed by atoms with Crippen LogP contribution in [0.3, 0.4) is 0 Å². The minimum atomic E-state index is -0.242. The highest BCUT2D eigenvalue weighted by Crippen LogP contribution is 2.39. The maximum absolute atomic E-state index is 13.8. The Balaban J connectivity index is 1.36. The number of carbonyl (C=O) groups is 1. The second-order valence-corrected chi connectivity index (χ2v) is 11.3. The van der Waals surface area contributed by atoms with Crippen LogP contribution in [0.2, 0.25) is 0 Å². The van der Waals surface area contributed by atoms with Crippen LogP contribution in [-0.4, -0.2) is 63.6 Å². The van der Waals surface area contributed by atoms with Gasteiger partial charge < -0.3 is 14.8 Å². The third kappa shape index (κ3) is 5.31. The molecule has 2 aliphatic rings. The van der Waals surface area contributed by atoms with Gasteiger partial charge in [0.1, 0.15) is 5.82 Å². The molecule has 2 aromatic heterocycles. The third-order valence-corrected chi connectivity index (χ3v) is 7.85. The molecule has 0 unspecified atom stereocenters. The summed E-state index contributed by atoms with van der Waals surface area (Å²) in [5.74, 6) is -0.140. The van der Waals surface area contributed by atoms with Gasteiger partial charge in [0.25, 0.3) is 0 Å². The summed E-state index contributed by atoms with van der Waals surface area (Å²) >= 11 is 0. The molecule has 1 saturated heterocycles. The summed E-state index contributed by atoms with van der Waals surface area (Å²) in [4.78, 5) is 27.3. The molecular formula is C29H37FN6O. The number of aromatic nitrogens is 3. The molecule has 8 heteroatoms. The van der Waals surface area contributed by atoms with E-state index in [9.17, 15) is 9.18 Å². The number of imidazole rings is 1. The zero-order chi connectivity index (χ0) is 26.3. The first-order chi connectivity index (χ1) is 17.6. The lowest BCUT2D eigenvalue weighted by Crippen LogP contribution is -2.59. The smallest absolute Gasteiger partial charge is 0.241 e. The van der Waals surface area contributed by atoms with Crippen molar-refractivity contribution in [1.82, 2.24) is 24.8 Å². The van der Waals surface area contributed by atoms with Crippen molar-refractivity contribution in [3.05, 3.63) is 76.9 Å². The molecule has 0 radical (unpaired) electrons. The molecule has 5 rings (SSSR count). The van der Waals surface area contributed by atoms with Crippen LogP contribution in [0.5, 0.6) is 0 Å². The van der Waals surface area contributed by atoms with E-state index in [0.29, 0.717) is 25.6 Å². The van der Waals surface area contributed by atoms with E-state index in [1.807, 2.05) is 24.3 Å². The van der Waals surface area contributed by atoms with Crippen molar-refractivity contribution in [2.24, 2.45) is 0 Å². The largest absolute Gasteiger partial charge is 0.333 e. The number of fused-ring (bicyclic) bond motifs is 1. The molecular weight excluding hydrogens is 467 g/mol. The van der Waals surface area contributed by atoms with Gasteiger partial charge in [-0.2, -0.15) is 0 Å². The number of nitrogens with zero attached hydrogens (tertiary/aromatic N) is 5. The van der Waals surface area contributed by atoms with Gasteiger partial charge >= 0.3 is 0 Å². The number of hydrogen-bond donors (Lipinski definition) is 1. The summed E-state index contributed by atoms with van der Waals surface area (Å²) in [5.41, 5.74) is 5.87. The van der Waals surface area contributed by atoms with E-state index in [0.717, 1.165) is 47.8 Å². The van der Waals surface area contributed by atoms with Crippen LogP contribution in [-0.2, 0) is 23.2 Å². The standard InChI is InChI=1S/C29H37FN6O/c1-19-14-34(25(13-31-19)15-35-18-33-20(2)21(35)3)16-27(37)36-17-29(4,5)28-26(36)11-23(12-32-28)10-22-6-8-24(30)9-7-22/h6-9,11-12,18-19,25,31H,10,13-17H2,1-5H3/t19-,25-/m1/s1. The molecule has 1 fully saturated rings. The predicted molar refractivity (Wildman–Crippen MR) is 143 cm³/mol. The molecule has 2 atom stereocenters. The zero-order valence-corrected chi connectivity index (χ0v) is 22.5. The van der Waals surface area contributed by atoms with E-state index in [4.69, 9.17) is 4.98 Å². The second-order valence-electron chi connectivity index (χ2n) is 11.3. The lowest BCUT2D eigenvalue weighted by molar-refractivity contribution is -0.120. The van der Waals surface area contributed by atoms with E-state index >= 15 is 0 Å². The van der Waals surface area contributed by atoms with Gasteiger partial charge in [0.2, 0.25) is 5.91 Å². The van der Waals surface area contributed by atoms with Crippen LogP contribution in [0, 0.1) is 19.7 Å². The van der Waals surface area contributed by atoms with Gasteiger partial charge in [-0.25, -0.2) is 9.37 Å². The van der Waals surface area contributed by atoms with Crippen LogP contribution >= 0.6 is 0 Å². The van der Waals surface area contributed by atoms with Crippen LogP contribution in [0.15, 0.2) is 42.9 Å². The van der Waals surface area contributed by atoms with E-state index < -0.39 is 0 Å². The summed E-state index contributed by atoms with van der Waals surface area (Å²) in [6.45, 7) is 14.0. The summed E-state index contributed by atoms with van der Waals surface area (Å²) in [7, 11) is 0. The SMILES string of the molecule is Cc1ncn(C[C@H]2CN[C@H](C)CN2CC(=O)N2CC(C)(C)c3ncc(Cc4ccc(F)cc4)cc32)c1C. The van der Waals surface area contributed by atoms with E-state index in [2.05, 4.69) is 53.5 Å². The molecule has 1 aromatic carbocycles. The van der Waals surface area contributed by atoms with Crippen molar-refractivity contribution in [1.29, 1.82) is 0 Å². The van der Waals surface area contributed by atoms with E-state index in [1.165, 1.54) is 17.8 Å². The molecule has 4 heterocycles. The monoisotopic (exact) mass is 504 g/mol. The Hall–Kier alpha value is -3.10. The molecule has 0 bridgehead atoms. The Kier molecular flexibility index (Phi) is 6.89. The first-order valence-electron chi connectivity index (χ1n) is 13.1. The normalized spacial score (nSPS) is 21.3. The lowest BCUT2D eigenvalue weighted by atomic mass is 9.91. The Morgan fingerprint density at radius 2 is 1.92 bits per heavy atom. The van der Waals surface area contributed by atoms with Crippen molar-refractivity contribution in [3.8, 4) is 0 Å². The average Bonchev–Trinajstić information content (AvgIpc) is 3.32. The fourth-order valence-corrected chi connectivity index (χ4v) is 5.55. The zero-order valence-electron chi connectivity index (χ0n) is 22.5. The number of nitrogens with one attached hydrogen (secondary N) is 1. The van der Waals surface area contributed by atoms with Gasteiger partial charge in [-0.15, -0.1) is 0 Å². The Morgan fingerprint density at radius 3 is 2.62 bits per heavy atom. The highest BCUT2D eigenvalue weighted by Gasteiger charge is 2.40. The van der Waals surface area contributed by atoms with Gasteiger partial charge in [0.15, 0.2) is 0 Å². The van der Waals surface area contributed by atoms with Gasteiger partial charge in [0, 0.05) is 55.6 Å². The van der Waals surface area contributed by atoms with Crippen molar-refractivity contribution in [2.45, 2.75) is 65.1 Å². The molecule has 7 nitrogen and oxygen atoms in total. The number of anilines is 1. The van der Waals surface area contributed by atoms with Crippen molar-refractivity contribution in [2.75, 3.05) is 31.1 Å². The Bertz CT molecular complexity index is 1280. The number of carbonyl (C=O) groups excluding carboxylic acids is 1. The summed E-state index contributed by atoms with van der Waals surface area (Å²) in [5, 5.41) is 3.58. The topological polar surface area (TPSA) is 66.3 Å². The van der Waals surface area contributed by atoms with Crippen molar-refractivity contribution >= 4 is 11.6 Å². The fourth-order valence-electron chi connectivity index (χ4n) is 5.55. The van der Waals surface area contributed by atoms with Gasteiger partial charge in [-0.05, 0) is 56.5 Å². The molecule has 37 heavy (non-hydrogen) atoms. The second kappa shape index (κ2) is 9.99. The summed E-state index contributed by atoms with van der Waals surface area (Å²) in [6, 6.07) is 9.16. The third-order valence-electron chi connectivity index (χ3n) is 7.85. The number of pyridine rings is 1. The molecule has 2 aliphatic heterocycles. The fraction of sp³-hybridized carbons (Fsp3) is 0.483. The van der Waals surface area contributed by atoms with E-state index in [1.54, 1.807) is 12.1 Å². The number of hydrogen-bond acceptors (Lipinski definition) is 5. The summed E-state index contributed by atoms with van der Waals surface area (Å²) < 4.78 is 15.5. The van der Waals surface area contributed by atoms with Crippen molar-refractivity contribution < 1.29 is 9.18 Å². The van der Waals surface area contributed by atoms with Gasteiger partial charge in [-0.1, -0.05) is 26.0 Å². The number of aryl methyl sites for hydroxylation is 1. The molecule has 196 valence electrons. The van der Waals surface area contributed by atoms with Crippen LogP contribution in [0.4, 0.5) is 10.1 Å². The molecule has 1 N–H and O–H groups in total. The highest BCUT2D eigenvalue weighted by molar-refractivity contribution is 5.97. The lowest BCUT2D eigenvalue weighted by Gasteiger charge is -2.40. The number of rotatable bonds is 6. The molecule has 0 aliphatic carbocycles. The maximum Gasteiger partial charge on any atom is 0.241 e. The number of halogens is 1. The first kappa shape index (κ1) is 25.5. The molecule has 0 spiro atoms. The van der Waals surface area contributed by atoms with Crippen LogP contribution in [0.1, 0.15) is 49.0 Å². The van der Waals surface area contributed by atoms with Crippen LogP contribution < -0.4 is 10.2 Å². The number of benzene rings is 1. The minimum absolute atomic E-state index is 0.102. The van der Waals surface area contributed by atoms with Crippen molar-refractivity contribution in [3.63, 3.8) is 0 Å². The van der Waals surface area contributed by atoms with Crippen LogP contribution in [0.25, 0.3) is 0 Å². The minimum Gasteiger partial charge on any atom is -0.333 e. The van der Waals surface area contributed by atoms with Gasteiger partial charge in [0.05, 0.1) is 29.9 Å². The van der Waals surface area contributed by atoms with Gasteiger partial charge in [-0.3, -0.25) is 14.7 Å². The average molecular weight is 505 g/mol. The maximum atomic E-state index is 13.8. The predicted octanol–water partition coefficient (Wildman–Crippen LogP) is 3.61. The quantitative estimate of drug-likeness (QED) is 0.556. The highest BCUT2D eigenvalue weighted by atomic mass is 19.1. The molecule has 3 aromatic rings.